The molecule has 0 bridgehead atoms. The van der Waals surface area contributed by atoms with Crippen LogP contribution in [0, 0.1) is 15.2 Å². The van der Waals surface area contributed by atoms with Crippen molar-refractivity contribution in [1.82, 2.24) is 0 Å². The van der Waals surface area contributed by atoms with E-state index < -0.39 is 11.6 Å². The van der Waals surface area contributed by atoms with Crippen molar-refractivity contribution in [2.75, 3.05) is 4.84 Å². The highest BCUT2D eigenvalue weighted by atomic mass is 127. The zero-order valence-electron chi connectivity index (χ0n) is 5.17. The smallest absolute Gasteiger partial charge is 0.172 e. The summed E-state index contributed by atoms with van der Waals surface area (Å²) in [6, 6.07) is 2.40. The van der Waals surface area contributed by atoms with Gasteiger partial charge in [-0.3, -0.25) is 4.84 Å². The lowest BCUT2D eigenvalue weighted by molar-refractivity contribution is 0.504. The average Bonchev–Trinajstić information content (AvgIpc) is 1.99. The Bertz CT molecular complexity index is 256. The van der Waals surface area contributed by atoms with Gasteiger partial charge in [0, 0.05) is 17.8 Å². The fraction of sp³-hybridized carbons (Fsp3) is 0. The van der Waals surface area contributed by atoms with E-state index >= 15 is 0 Å². The molecule has 0 saturated carbocycles. The predicted molar refractivity (Wildman–Crippen MR) is 48.6 cm³/mol. The van der Waals surface area contributed by atoms with Crippen LogP contribution in [0.2, 0.25) is 0 Å². The molecule has 1 rings (SSSR count). The van der Waals surface area contributed by atoms with Gasteiger partial charge in [-0.25, -0.2) is 8.78 Å². The molecule has 0 aliphatic carbocycles. The van der Waals surface area contributed by atoms with Crippen LogP contribution in [-0.2, 0) is 0 Å². The Hall–Kier alpha value is -0.100. The van der Waals surface area contributed by atoms with Gasteiger partial charge in [-0.1, -0.05) is 0 Å². The molecule has 0 amide bonds. The molecule has 0 saturated heterocycles. The van der Waals surface area contributed by atoms with Crippen LogP contribution in [0.15, 0.2) is 12.1 Å². The number of anilines is 1. The van der Waals surface area contributed by atoms with E-state index in [9.17, 15) is 8.78 Å². The van der Waals surface area contributed by atoms with Gasteiger partial charge < -0.3 is 0 Å². The fourth-order valence-electron chi connectivity index (χ4n) is 0.610. The summed E-state index contributed by atoms with van der Waals surface area (Å²) >= 11 is 6.87. The van der Waals surface area contributed by atoms with Crippen LogP contribution in [0.25, 0.3) is 0 Å². The molecular weight excluding hydrogens is 286 g/mol. The van der Waals surface area contributed by atoms with Crippen molar-refractivity contribution in [3.8, 4) is 0 Å². The highest BCUT2D eigenvalue weighted by Crippen LogP contribution is 2.20. The summed E-state index contributed by atoms with van der Waals surface area (Å²) in [4.78, 5) is 2.20. The van der Waals surface area contributed by atoms with E-state index in [0.29, 0.717) is 5.69 Å². The van der Waals surface area contributed by atoms with E-state index in [4.69, 9.17) is 11.8 Å². The maximum absolute atomic E-state index is 12.6. The molecule has 0 atom stereocenters. The van der Waals surface area contributed by atoms with E-state index in [1.54, 1.807) is 22.6 Å². The van der Waals surface area contributed by atoms with Gasteiger partial charge in [0.1, 0.15) is 0 Å². The second-order valence-electron chi connectivity index (χ2n) is 1.85. The summed E-state index contributed by atoms with van der Waals surface area (Å²) in [6.45, 7) is 0. The first-order valence-corrected chi connectivity index (χ1v) is 4.12. The Morgan fingerprint density at radius 3 is 2.45 bits per heavy atom. The fourth-order valence-corrected chi connectivity index (χ4v) is 1.31. The molecule has 1 nitrogen and oxygen atoms in total. The second kappa shape index (κ2) is 3.53. The van der Waals surface area contributed by atoms with Gasteiger partial charge in [0.05, 0.1) is 9.26 Å². The Labute approximate surface area is 81.0 Å². The zero-order valence-corrected chi connectivity index (χ0v) is 8.08. The third kappa shape index (κ3) is 1.93. The van der Waals surface area contributed by atoms with Gasteiger partial charge in [0.2, 0.25) is 0 Å². The minimum Gasteiger partial charge on any atom is -0.298 e. The Morgan fingerprint density at radius 1 is 1.36 bits per heavy atom. The molecule has 0 aliphatic heterocycles. The SMILES string of the molecule is Fc1cc(NCl)cc(I)c1F. The highest BCUT2D eigenvalue weighted by molar-refractivity contribution is 14.1. The summed E-state index contributed by atoms with van der Waals surface area (Å²) in [7, 11) is 0. The maximum Gasteiger partial charge on any atom is 0.172 e. The molecule has 0 aromatic heterocycles. The largest absolute Gasteiger partial charge is 0.298 e. The molecule has 0 radical (unpaired) electrons. The Balaban J connectivity index is 3.21. The van der Waals surface area contributed by atoms with Crippen LogP contribution in [0.5, 0.6) is 0 Å². The van der Waals surface area contributed by atoms with Crippen molar-refractivity contribution in [3.63, 3.8) is 0 Å². The number of benzene rings is 1. The molecule has 0 unspecified atom stereocenters. The Morgan fingerprint density at radius 2 is 2.00 bits per heavy atom. The number of hydrogen-bond acceptors (Lipinski definition) is 1. The first-order valence-electron chi connectivity index (χ1n) is 2.66. The minimum atomic E-state index is -0.903. The van der Waals surface area contributed by atoms with Gasteiger partial charge in [-0.05, 0) is 28.7 Å². The number of halogens is 4. The van der Waals surface area contributed by atoms with Crippen LogP contribution < -0.4 is 4.84 Å². The monoisotopic (exact) mass is 289 g/mol. The van der Waals surface area contributed by atoms with E-state index in [1.807, 2.05) is 0 Å². The van der Waals surface area contributed by atoms with E-state index in [0.717, 1.165) is 6.07 Å². The highest BCUT2D eigenvalue weighted by Gasteiger charge is 2.07. The summed E-state index contributed by atoms with van der Waals surface area (Å²) in [5, 5.41) is 0. The molecule has 1 aromatic rings. The van der Waals surface area contributed by atoms with E-state index in [2.05, 4.69) is 4.84 Å². The summed E-state index contributed by atoms with van der Waals surface area (Å²) < 4.78 is 25.3. The second-order valence-corrected chi connectivity index (χ2v) is 3.20. The van der Waals surface area contributed by atoms with E-state index in [-0.39, 0.29) is 3.57 Å². The topological polar surface area (TPSA) is 12.0 Å². The lowest BCUT2D eigenvalue weighted by Crippen LogP contribution is -1.91. The quantitative estimate of drug-likeness (QED) is 0.476. The van der Waals surface area contributed by atoms with Gasteiger partial charge >= 0.3 is 0 Å². The van der Waals surface area contributed by atoms with Crippen molar-refractivity contribution in [2.24, 2.45) is 0 Å². The maximum atomic E-state index is 12.6. The lowest BCUT2D eigenvalue weighted by atomic mass is 10.3. The van der Waals surface area contributed by atoms with E-state index in [1.165, 1.54) is 6.07 Å². The van der Waals surface area contributed by atoms with Crippen molar-refractivity contribution < 1.29 is 8.78 Å². The normalized spacial score (nSPS) is 9.82. The third-order valence-corrected chi connectivity index (χ3v) is 2.10. The van der Waals surface area contributed by atoms with Crippen LogP contribution in [-0.4, -0.2) is 0 Å². The first kappa shape index (κ1) is 8.99. The van der Waals surface area contributed by atoms with Crippen molar-refractivity contribution in [2.45, 2.75) is 0 Å². The molecule has 0 fully saturated rings. The van der Waals surface area contributed by atoms with Crippen molar-refractivity contribution in [1.29, 1.82) is 0 Å². The summed E-state index contributed by atoms with van der Waals surface area (Å²) in [5.74, 6) is -1.75. The van der Waals surface area contributed by atoms with Gasteiger partial charge in [0.25, 0.3) is 0 Å². The predicted octanol–water partition coefficient (Wildman–Crippen LogP) is 3.14. The third-order valence-electron chi connectivity index (χ3n) is 1.09. The molecule has 11 heavy (non-hydrogen) atoms. The molecular formula is C6H3ClF2IN. The molecule has 60 valence electrons. The minimum absolute atomic E-state index is 0.200. The Kier molecular flexibility index (Phi) is 2.89. The molecule has 5 heteroatoms. The van der Waals surface area contributed by atoms with Crippen LogP contribution in [0.4, 0.5) is 14.5 Å². The van der Waals surface area contributed by atoms with Crippen LogP contribution >= 0.6 is 34.4 Å². The summed E-state index contributed by atoms with van der Waals surface area (Å²) in [6.07, 6.45) is 0. The molecule has 1 N–H and O–H groups in total. The van der Waals surface area contributed by atoms with Crippen LogP contribution in [0.1, 0.15) is 0 Å². The van der Waals surface area contributed by atoms with Crippen LogP contribution in [0.3, 0.4) is 0 Å². The van der Waals surface area contributed by atoms with Crippen molar-refractivity contribution >= 4 is 40.1 Å². The molecule has 1 aromatic carbocycles. The molecule has 0 spiro atoms. The van der Waals surface area contributed by atoms with Gasteiger partial charge in [0.15, 0.2) is 11.6 Å². The number of rotatable bonds is 1. The average molecular weight is 289 g/mol. The number of hydrogen-bond donors (Lipinski definition) is 1. The van der Waals surface area contributed by atoms with Gasteiger partial charge in [-0.2, -0.15) is 0 Å². The lowest BCUT2D eigenvalue weighted by Gasteiger charge is -2.00. The zero-order chi connectivity index (χ0) is 8.43. The summed E-state index contributed by atoms with van der Waals surface area (Å²) in [5.41, 5.74) is 0.343. The molecule has 0 aliphatic rings. The standard InChI is InChI=1S/C6H3ClF2IN/c7-11-3-1-4(8)6(9)5(10)2-3/h1-2,11H. The van der Waals surface area contributed by atoms with Crippen molar-refractivity contribution in [3.05, 3.63) is 27.3 Å². The first-order chi connectivity index (χ1) is 5.15. The number of nitrogens with one attached hydrogen (secondary N) is 1. The molecule has 0 heterocycles. The van der Waals surface area contributed by atoms with Gasteiger partial charge in [-0.15, -0.1) is 0 Å².